The molecule has 2 aromatic heterocycles. The van der Waals surface area contributed by atoms with E-state index in [9.17, 15) is 9.59 Å². The first-order valence-corrected chi connectivity index (χ1v) is 7.88. The molecule has 0 bridgehead atoms. The number of aromatic nitrogens is 3. The van der Waals surface area contributed by atoms with Crippen molar-refractivity contribution in [3.05, 3.63) is 47.0 Å². The predicted molar refractivity (Wildman–Crippen MR) is 88.2 cm³/mol. The van der Waals surface area contributed by atoms with Gasteiger partial charge in [-0.05, 0) is 31.5 Å². The summed E-state index contributed by atoms with van der Waals surface area (Å²) in [5, 5.41) is 4.16. The number of carbonyl (C=O) groups excluding carboxylic acids is 2. The molecule has 7 nitrogen and oxygen atoms in total. The Kier molecular flexibility index (Phi) is 4.09. The van der Waals surface area contributed by atoms with Gasteiger partial charge in [0.05, 0.1) is 23.4 Å². The number of carbonyl (C=O) groups is 2. The number of hydrogen-bond donors (Lipinski definition) is 1. The lowest BCUT2D eigenvalue weighted by Gasteiger charge is -2.17. The molecule has 2 N–H and O–H groups in total. The van der Waals surface area contributed by atoms with Crippen LogP contribution in [0.5, 0.6) is 0 Å². The van der Waals surface area contributed by atoms with Crippen molar-refractivity contribution in [1.82, 2.24) is 19.7 Å². The normalized spacial score (nSPS) is 20.4. The van der Waals surface area contributed by atoms with E-state index in [1.807, 2.05) is 33.2 Å². The number of pyridine rings is 1. The first-order chi connectivity index (χ1) is 11.4. The molecule has 3 rings (SSSR count). The summed E-state index contributed by atoms with van der Waals surface area (Å²) in [7, 11) is 1.82. The van der Waals surface area contributed by atoms with Crippen LogP contribution in [-0.2, 0) is 11.8 Å². The minimum absolute atomic E-state index is 0.113. The van der Waals surface area contributed by atoms with E-state index >= 15 is 0 Å². The summed E-state index contributed by atoms with van der Waals surface area (Å²) in [4.78, 5) is 30.7. The number of primary amides is 1. The third-order valence-corrected chi connectivity index (χ3v) is 4.58. The fourth-order valence-corrected chi connectivity index (χ4v) is 3.31. The zero-order chi connectivity index (χ0) is 17.4. The van der Waals surface area contributed by atoms with Crippen molar-refractivity contribution < 1.29 is 9.59 Å². The molecule has 1 aliphatic rings. The molecule has 0 saturated carbocycles. The van der Waals surface area contributed by atoms with Gasteiger partial charge in [-0.2, -0.15) is 5.10 Å². The molecule has 24 heavy (non-hydrogen) atoms. The van der Waals surface area contributed by atoms with Gasteiger partial charge < -0.3 is 10.6 Å². The van der Waals surface area contributed by atoms with Gasteiger partial charge in [0.15, 0.2) is 0 Å². The van der Waals surface area contributed by atoms with Crippen LogP contribution >= 0.6 is 0 Å². The first-order valence-electron chi connectivity index (χ1n) is 7.88. The second-order valence-electron chi connectivity index (χ2n) is 6.36. The van der Waals surface area contributed by atoms with E-state index in [4.69, 9.17) is 5.73 Å². The number of rotatable bonds is 3. The lowest BCUT2D eigenvalue weighted by Crippen LogP contribution is -2.32. The first kappa shape index (κ1) is 16.2. The summed E-state index contributed by atoms with van der Waals surface area (Å²) in [6, 6.07) is 3.61. The number of nitrogens with zero attached hydrogens (tertiary/aromatic N) is 4. The molecule has 0 unspecified atom stereocenters. The second-order valence-corrected chi connectivity index (χ2v) is 6.36. The van der Waals surface area contributed by atoms with Gasteiger partial charge >= 0.3 is 0 Å². The zero-order valence-corrected chi connectivity index (χ0v) is 14.1. The Hall–Kier alpha value is -2.70. The fraction of sp³-hybridized carbons (Fsp3) is 0.412. The lowest BCUT2D eigenvalue weighted by molar-refractivity contribution is -0.121. The number of nitrogens with two attached hydrogens (primary N) is 1. The van der Waals surface area contributed by atoms with E-state index in [-0.39, 0.29) is 11.8 Å². The molecule has 7 heteroatoms. The maximum absolute atomic E-state index is 12.8. The smallest absolute Gasteiger partial charge is 0.255 e. The highest BCUT2D eigenvalue weighted by Crippen LogP contribution is 2.33. The Bertz CT molecular complexity index is 798. The summed E-state index contributed by atoms with van der Waals surface area (Å²) >= 11 is 0. The van der Waals surface area contributed by atoms with Crippen LogP contribution in [-0.4, -0.2) is 44.6 Å². The fourth-order valence-electron chi connectivity index (χ4n) is 3.31. The molecule has 126 valence electrons. The second kappa shape index (κ2) is 6.07. The highest BCUT2D eigenvalue weighted by molar-refractivity contribution is 5.96. The van der Waals surface area contributed by atoms with Gasteiger partial charge in [-0.15, -0.1) is 0 Å². The van der Waals surface area contributed by atoms with Crippen LogP contribution in [0.2, 0.25) is 0 Å². The molecule has 3 heterocycles. The quantitative estimate of drug-likeness (QED) is 0.901. The molecule has 2 atom stereocenters. The van der Waals surface area contributed by atoms with Crippen molar-refractivity contribution in [2.45, 2.75) is 19.8 Å². The predicted octanol–water partition coefficient (Wildman–Crippen LogP) is 0.773. The maximum atomic E-state index is 12.8. The summed E-state index contributed by atoms with van der Waals surface area (Å²) in [6.07, 6.45) is 3.60. The minimum Gasteiger partial charge on any atom is -0.369 e. The summed E-state index contributed by atoms with van der Waals surface area (Å²) in [6.45, 7) is 4.48. The van der Waals surface area contributed by atoms with Gasteiger partial charge in [0.1, 0.15) is 0 Å². The van der Waals surface area contributed by atoms with E-state index in [2.05, 4.69) is 10.1 Å². The van der Waals surface area contributed by atoms with E-state index in [0.717, 1.165) is 11.3 Å². The van der Waals surface area contributed by atoms with Crippen LogP contribution in [0.15, 0.2) is 24.5 Å². The summed E-state index contributed by atoms with van der Waals surface area (Å²) < 4.78 is 1.69. The van der Waals surface area contributed by atoms with Crippen molar-refractivity contribution in [1.29, 1.82) is 0 Å². The summed E-state index contributed by atoms with van der Waals surface area (Å²) in [5.74, 6) is -1.04. The van der Waals surface area contributed by atoms with Crippen molar-refractivity contribution in [2.24, 2.45) is 18.7 Å². The Labute approximate surface area is 140 Å². The van der Waals surface area contributed by atoms with Crippen LogP contribution < -0.4 is 5.73 Å². The van der Waals surface area contributed by atoms with Crippen molar-refractivity contribution in [3.8, 4) is 0 Å². The van der Waals surface area contributed by atoms with Crippen LogP contribution in [0.3, 0.4) is 0 Å². The molecule has 2 amide bonds. The van der Waals surface area contributed by atoms with Gasteiger partial charge in [0.2, 0.25) is 5.91 Å². The van der Waals surface area contributed by atoms with E-state index < -0.39 is 11.8 Å². The van der Waals surface area contributed by atoms with E-state index in [1.165, 1.54) is 0 Å². The van der Waals surface area contributed by atoms with Crippen molar-refractivity contribution in [2.75, 3.05) is 13.1 Å². The largest absolute Gasteiger partial charge is 0.369 e. The highest BCUT2D eigenvalue weighted by Gasteiger charge is 2.40. The average molecular weight is 327 g/mol. The highest BCUT2D eigenvalue weighted by atomic mass is 16.2. The standard InChI is InChI=1S/C17H21N5O2/c1-10-4-5-13(11(2)20-10)17(24)22-8-14(15(9-22)16(18)23)12-6-19-21(3)7-12/h4-7,14-15H,8-9H2,1-3H3,(H2,18,23)/t14-,15+/m1/s1. The molecule has 0 radical (unpaired) electrons. The zero-order valence-electron chi connectivity index (χ0n) is 14.1. The molecule has 1 aliphatic heterocycles. The lowest BCUT2D eigenvalue weighted by atomic mass is 9.90. The van der Waals surface area contributed by atoms with Crippen LogP contribution in [0.1, 0.15) is 33.2 Å². The molecule has 2 aromatic rings. The maximum Gasteiger partial charge on any atom is 0.255 e. The van der Waals surface area contributed by atoms with E-state index in [0.29, 0.717) is 24.3 Å². The van der Waals surface area contributed by atoms with Gasteiger partial charge in [0, 0.05) is 37.9 Å². The van der Waals surface area contributed by atoms with Crippen molar-refractivity contribution >= 4 is 11.8 Å². The Morgan fingerprint density at radius 2 is 2.00 bits per heavy atom. The number of amides is 2. The van der Waals surface area contributed by atoms with E-state index in [1.54, 1.807) is 21.8 Å². The van der Waals surface area contributed by atoms with Crippen LogP contribution in [0, 0.1) is 19.8 Å². The molecular formula is C17H21N5O2. The monoisotopic (exact) mass is 327 g/mol. The van der Waals surface area contributed by atoms with Crippen LogP contribution in [0.25, 0.3) is 0 Å². The van der Waals surface area contributed by atoms with Crippen molar-refractivity contribution in [3.63, 3.8) is 0 Å². The third-order valence-electron chi connectivity index (χ3n) is 4.58. The molecule has 0 aliphatic carbocycles. The molecular weight excluding hydrogens is 306 g/mol. The van der Waals surface area contributed by atoms with Gasteiger partial charge in [-0.25, -0.2) is 0 Å². The number of likely N-dealkylation sites (tertiary alicyclic amines) is 1. The Morgan fingerprint density at radius 1 is 1.25 bits per heavy atom. The van der Waals surface area contributed by atoms with Gasteiger partial charge in [0.25, 0.3) is 5.91 Å². The number of aryl methyl sites for hydroxylation is 3. The molecule has 1 saturated heterocycles. The van der Waals surface area contributed by atoms with Crippen LogP contribution in [0.4, 0.5) is 0 Å². The Balaban J connectivity index is 1.87. The average Bonchev–Trinajstić information content (AvgIpc) is 3.12. The SMILES string of the molecule is Cc1ccc(C(=O)N2C[C@H](C(N)=O)[C@@H](c3cnn(C)c3)C2)c(C)n1. The third kappa shape index (κ3) is 2.89. The molecule has 1 fully saturated rings. The Morgan fingerprint density at radius 3 is 2.58 bits per heavy atom. The molecule has 0 aromatic carbocycles. The topological polar surface area (TPSA) is 94.1 Å². The van der Waals surface area contributed by atoms with Gasteiger partial charge in [-0.1, -0.05) is 0 Å². The van der Waals surface area contributed by atoms with Gasteiger partial charge in [-0.3, -0.25) is 19.3 Å². The summed E-state index contributed by atoms with van der Waals surface area (Å²) in [5.41, 5.74) is 8.62. The number of hydrogen-bond acceptors (Lipinski definition) is 4. The minimum atomic E-state index is -0.406. The molecule has 0 spiro atoms.